The highest BCUT2D eigenvalue weighted by Gasteiger charge is 2.24. The first kappa shape index (κ1) is 18.7. The van der Waals surface area contributed by atoms with Crippen LogP contribution < -0.4 is 5.84 Å². The van der Waals surface area contributed by atoms with Crippen LogP contribution in [0.15, 0.2) is 48.7 Å². The summed E-state index contributed by atoms with van der Waals surface area (Å²) in [5.74, 6) is 6.20. The molecule has 0 radical (unpaired) electrons. The lowest BCUT2D eigenvalue weighted by molar-refractivity contribution is 0.103. The normalized spacial score (nSPS) is 15.9. The summed E-state index contributed by atoms with van der Waals surface area (Å²) in [7, 11) is 0. The highest BCUT2D eigenvalue weighted by atomic mass is 19.1. The minimum Gasteiger partial charge on any atom is -0.339 e. The molecule has 0 aliphatic carbocycles. The van der Waals surface area contributed by atoms with Crippen molar-refractivity contribution in [2.45, 2.75) is 32.1 Å². The van der Waals surface area contributed by atoms with E-state index in [1.54, 1.807) is 10.7 Å². The molecule has 5 heteroatoms. The first-order chi connectivity index (χ1) is 13.6. The second kappa shape index (κ2) is 7.76. The number of carbonyl (C=O) groups excluding carboxylic acids is 1. The van der Waals surface area contributed by atoms with Crippen molar-refractivity contribution < 1.29 is 9.18 Å². The number of fused-ring (bicyclic) bond motifs is 1. The molecule has 0 unspecified atom stereocenters. The van der Waals surface area contributed by atoms with Gasteiger partial charge in [0.05, 0.1) is 5.52 Å². The zero-order chi connectivity index (χ0) is 19.7. The van der Waals surface area contributed by atoms with Gasteiger partial charge in [-0.1, -0.05) is 6.92 Å². The van der Waals surface area contributed by atoms with E-state index in [1.165, 1.54) is 36.2 Å². The van der Waals surface area contributed by atoms with Crippen LogP contribution in [0.2, 0.25) is 0 Å². The van der Waals surface area contributed by atoms with Crippen LogP contribution in [-0.4, -0.2) is 35.0 Å². The van der Waals surface area contributed by atoms with Gasteiger partial charge in [-0.3, -0.25) is 9.47 Å². The summed E-state index contributed by atoms with van der Waals surface area (Å²) in [6.07, 6.45) is 5.41. The van der Waals surface area contributed by atoms with Gasteiger partial charge in [0.15, 0.2) is 5.78 Å². The molecule has 1 fully saturated rings. The van der Waals surface area contributed by atoms with Crippen LogP contribution >= 0.6 is 0 Å². The number of hydrogen-bond acceptors (Lipinski definition) is 3. The third kappa shape index (κ3) is 3.54. The van der Waals surface area contributed by atoms with Crippen molar-refractivity contribution >= 4 is 16.7 Å². The number of aromatic nitrogens is 1. The van der Waals surface area contributed by atoms with Crippen LogP contribution in [0.5, 0.6) is 0 Å². The Morgan fingerprint density at radius 2 is 1.79 bits per heavy atom. The predicted molar refractivity (Wildman–Crippen MR) is 111 cm³/mol. The van der Waals surface area contributed by atoms with Gasteiger partial charge in [-0.25, -0.2) is 4.39 Å². The highest BCUT2D eigenvalue weighted by molar-refractivity contribution is 6.10. The minimum absolute atomic E-state index is 0.101. The summed E-state index contributed by atoms with van der Waals surface area (Å²) >= 11 is 0. The molecule has 4 rings (SSSR count). The molecule has 146 valence electrons. The van der Waals surface area contributed by atoms with E-state index in [2.05, 4.69) is 11.8 Å². The molecule has 1 saturated heterocycles. The van der Waals surface area contributed by atoms with Crippen molar-refractivity contribution in [2.24, 2.45) is 0 Å². The second-order valence-electron chi connectivity index (χ2n) is 7.68. The van der Waals surface area contributed by atoms with E-state index in [1.807, 2.05) is 18.3 Å². The number of nitrogens with zero attached hydrogens (tertiary/aromatic N) is 2. The zero-order valence-corrected chi connectivity index (χ0v) is 16.2. The fourth-order valence-electron chi connectivity index (χ4n) is 4.30. The molecule has 1 aliphatic rings. The number of ketones is 1. The Kier molecular flexibility index (Phi) is 5.18. The number of rotatable bonds is 5. The number of likely N-dealkylation sites (tertiary alicyclic amines) is 1. The lowest BCUT2D eigenvalue weighted by atomic mass is 9.88. The first-order valence-electron chi connectivity index (χ1n) is 9.99. The fourth-order valence-corrected chi connectivity index (χ4v) is 4.30. The minimum atomic E-state index is -0.344. The van der Waals surface area contributed by atoms with E-state index in [0.29, 0.717) is 17.0 Å². The van der Waals surface area contributed by atoms with E-state index in [-0.39, 0.29) is 11.6 Å². The third-order valence-corrected chi connectivity index (χ3v) is 5.80. The average Bonchev–Trinajstić information content (AvgIpc) is 3.05. The maximum atomic E-state index is 13.2. The molecule has 0 amide bonds. The molecule has 2 N–H and O–H groups in total. The van der Waals surface area contributed by atoms with Crippen LogP contribution in [0.3, 0.4) is 0 Å². The Morgan fingerprint density at radius 3 is 2.46 bits per heavy atom. The number of nitrogen functional groups attached to an aromatic ring is 1. The molecule has 0 bridgehead atoms. The molecule has 2 heterocycles. The number of nitrogens with two attached hydrogens (primary N) is 1. The third-order valence-electron chi connectivity index (χ3n) is 5.80. The molecule has 3 aromatic rings. The fraction of sp³-hybridized carbons (Fsp3) is 0.348. The molecule has 0 saturated carbocycles. The Balaban J connectivity index is 1.64. The van der Waals surface area contributed by atoms with Gasteiger partial charge in [0.2, 0.25) is 0 Å². The molecule has 4 nitrogen and oxygen atoms in total. The van der Waals surface area contributed by atoms with Gasteiger partial charge in [-0.05, 0) is 92.8 Å². The van der Waals surface area contributed by atoms with Crippen molar-refractivity contribution in [2.75, 3.05) is 25.5 Å². The van der Waals surface area contributed by atoms with Gasteiger partial charge in [0.25, 0.3) is 0 Å². The molecule has 1 aromatic heterocycles. The van der Waals surface area contributed by atoms with Crippen molar-refractivity contribution in [3.8, 4) is 0 Å². The Bertz CT molecular complexity index is 985. The summed E-state index contributed by atoms with van der Waals surface area (Å²) in [5, 5.41) is 1.05. The Hall–Kier alpha value is -2.66. The quantitative estimate of drug-likeness (QED) is 0.531. The molecule has 0 atom stereocenters. The van der Waals surface area contributed by atoms with Crippen LogP contribution in [0, 0.1) is 5.82 Å². The summed E-state index contributed by atoms with van der Waals surface area (Å²) in [6.45, 7) is 5.57. The van der Waals surface area contributed by atoms with Crippen LogP contribution in [0.4, 0.5) is 4.39 Å². The largest absolute Gasteiger partial charge is 0.339 e. The van der Waals surface area contributed by atoms with Gasteiger partial charge in [0, 0.05) is 22.7 Å². The lowest BCUT2D eigenvalue weighted by Gasteiger charge is -2.31. The van der Waals surface area contributed by atoms with E-state index in [4.69, 9.17) is 5.84 Å². The van der Waals surface area contributed by atoms with E-state index >= 15 is 0 Å². The second-order valence-corrected chi connectivity index (χ2v) is 7.68. The first-order valence-corrected chi connectivity index (χ1v) is 9.99. The summed E-state index contributed by atoms with van der Waals surface area (Å²) < 4.78 is 14.8. The van der Waals surface area contributed by atoms with E-state index < -0.39 is 0 Å². The van der Waals surface area contributed by atoms with Gasteiger partial charge < -0.3 is 10.7 Å². The smallest absolute Gasteiger partial charge is 0.193 e. The Labute approximate surface area is 164 Å². The van der Waals surface area contributed by atoms with Crippen molar-refractivity contribution in [1.82, 2.24) is 9.58 Å². The molecular weight excluding hydrogens is 353 g/mol. The highest BCUT2D eigenvalue weighted by Crippen LogP contribution is 2.34. The molecule has 1 aliphatic heterocycles. The number of halogens is 1. The number of benzene rings is 2. The molecular formula is C23H26FN3O. The standard InChI is InChI=1S/C23H26FN3O/c1-2-11-26-12-9-16(10-13-26)21-15-27(25)22-8-5-18(14-20(21)22)23(28)17-3-6-19(24)7-4-17/h3-8,14-16H,2,9-13,25H2,1H3. The Morgan fingerprint density at radius 1 is 1.11 bits per heavy atom. The zero-order valence-electron chi connectivity index (χ0n) is 16.2. The summed E-state index contributed by atoms with van der Waals surface area (Å²) in [4.78, 5) is 15.4. The van der Waals surface area contributed by atoms with Crippen LogP contribution in [0.1, 0.15) is 53.6 Å². The van der Waals surface area contributed by atoms with Gasteiger partial charge in [-0.15, -0.1) is 0 Å². The van der Waals surface area contributed by atoms with E-state index in [0.717, 1.165) is 43.4 Å². The van der Waals surface area contributed by atoms with E-state index in [9.17, 15) is 9.18 Å². The van der Waals surface area contributed by atoms with Gasteiger partial charge in [-0.2, -0.15) is 0 Å². The number of piperidine rings is 1. The summed E-state index contributed by atoms with van der Waals surface area (Å²) in [6, 6.07) is 11.3. The molecule has 0 spiro atoms. The van der Waals surface area contributed by atoms with Crippen LogP contribution in [0.25, 0.3) is 10.9 Å². The predicted octanol–water partition coefficient (Wildman–Crippen LogP) is 4.31. The van der Waals surface area contributed by atoms with Crippen LogP contribution in [-0.2, 0) is 0 Å². The molecule has 2 aromatic carbocycles. The number of hydrogen-bond donors (Lipinski definition) is 1. The summed E-state index contributed by atoms with van der Waals surface area (Å²) in [5.41, 5.74) is 3.25. The van der Waals surface area contributed by atoms with Gasteiger partial charge >= 0.3 is 0 Å². The average molecular weight is 379 g/mol. The number of carbonyl (C=O) groups is 1. The SMILES string of the molecule is CCCN1CCC(c2cn(N)c3ccc(C(=O)c4ccc(F)cc4)cc23)CC1. The maximum Gasteiger partial charge on any atom is 0.193 e. The van der Waals surface area contributed by atoms with Crippen molar-refractivity contribution in [3.63, 3.8) is 0 Å². The van der Waals surface area contributed by atoms with Crippen molar-refractivity contribution in [3.05, 3.63) is 71.2 Å². The molecule has 28 heavy (non-hydrogen) atoms. The maximum absolute atomic E-state index is 13.2. The van der Waals surface area contributed by atoms with Crippen molar-refractivity contribution in [1.29, 1.82) is 0 Å². The topological polar surface area (TPSA) is 51.3 Å². The monoisotopic (exact) mass is 379 g/mol. The lowest BCUT2D eigenvalue weighted by Crippen LogP contribution is -2.33. The van der Waals surface area contributed by atoms with Gasteiger partial charge in [0.1, 0.15) is 5.82 Å².